The van der Waals surface area contributed by atoms with Crippen molar-refractivity contribution in [2.24, 2.45) is 5.92 Å². The molecule has 1 fully saturated rings. The van der Waals surface area contributed by atoms with E-state index in [2.05, 4.69) is 18.7 Å². The highest BCUT2D eigenvalue weighted by Gasteiger charge is 2.12. The molecule has 0 aromatic heterocycles. The topological polar surface area (TPSA) is 3.24 Å². The molecular formula is C12H25N. The lowest BCUT2D eigenvalue weighted by molar-refractivity contribution is 0.196. The molecule has 1 atom stereocenters. The summed E-state index contributed by atoms with van der Waals surface area (Å²) < 4.78 is 0. The average molecular weight is 183 g/mol. The molecule has 0 aliphatic carbocycles. The predicted molar refractivity (Wildman–Crippen MR) is 59.0 cm³/mol. The second-order valence-electron chi connectivity index (χ2n) is 4.61. The third-order valence-corrected chi connectivity index (χ3v) is 3.07. The molecule has 0 spiro atoms. The number of piperidine rings is 1. The first-order valence-corrected chi connectivity index (χ1v) is 6.05. The number of likely N-dealkylation sites (tertiary alicyclic amines) is 1. The van der Waals surface area contributed by atoms with Gasteiger partial charge in [-0.2, -0.15) is 0 Å². The maximum Gasteiger partial charge on any atom is 0.000702 e. The van der Waals surface area contributed by atoms with Gasteiger partial charge in [0.1, 0.15) is 0 Å². The van der Waals surface area contributed by atoms with E-state index in [0.717, 1.165) is 5.92 Å². The number of hydrogen-bond acceptors (Lipinski definition) is 1. The van der Waals surface area contributed by atoms with E-state index >= 15 is 0 Å². The van der Waals surface area contributed by atoms with Crippen LogP contribution >= 0.6 is 0 Å². The Morgan fingerprint density at radius 1 is 1.15 bits per heavy atom. The fourth-order valence-corrected chi connectivity index (χ4v) is 2.23. The van der Waals surface area contributed by atoms with Gasteiger partial charge >= 0.3 is 0 Å². The summed E-state index contributed by atoms with van der Waals surface area (Å²) >= 11 is 0. The zero-order valence-corrected chi connectivity index (χ0v) is 9.39. The normalized spacial score (nSPS) is 21.7. The minimum Gasteiger partial charge on any atom is -0.303 e. The molecule has 0 aromatic rings. The van der Waals surface area contributed by atoms with Gasteiger partial charge in [0.15, 0.2) is 0 Å². The zero-order valence-electron chi connectivity index (χ0n) is 9.39. The van der Waals surface area contributed by atoms with Gasteiger partial charge in [0.25, 0.3) is 0 Å². The van der Waals surface area contributed by atoms with Crippen molar-refractivity contribution in [3.63, 3.8) is 0 Å². The van der Waals surface area contributed by atoms with E-state index in [0.29, 0.717) is 0 Å². The molecule has 1 saturated heterocycles. The van der Waals surface area contributed by atoms with Crippen LogP contribution in [-0.2, 0) is 0 Å². The van der Waals surface area contributed by atoms with Crippen LogP contribution in [0.15, 0.2) is 0 Å². The molecule has 0 aromatic carbocycles. The Morgan fingerprint density at radius 2 is 1.85 bits per heavy atom. The van der Waals surface area contributed by atoms with Crippen LogP contribution in [0.5, 0.6) is 0 Å². The lowest BCUT2D eigenvalue weighted by Crippen LogP contribution is -2.33. The number of rotatable bonds is 5. The van der Waals surface area contributed by atoms with E-state index in [4.69, 9.17) is 0 Å². The summed E-state index contributed by atoms with van der Waals surface area (Å²) in [7, 11) is 0. The highest BCUT2D eigenvalue weighted by Crippen LogP contribution is 2.14. The summed E-state index contributed by atoms with van der Waals surface area (Å²) in [6, 6.07) is 0. The van der Waals surface area contributed by atoms with Gasteiger partial charge in [-0.05, 0) is 38.3 Å². The molecule has 1 aliphatic rings. The summed E-state index contributed by atoms with van der Waals surface area (Å²) in [6.07, 6.45) is 8.51. The van der Waals surface area contributed by atoms with E-state index in [1.54, 1.807) is 0 Å². The third kappa shape index (κ3) is 4.66. The third-order valence-electron chi connectivity index (χ3n) is 3.07. The Hall–Kier alpha value is -0.0400. The number of hydrogen-bond donors (Lipinski definition) is 0. The first kappa shape index (κ1) is 11.0. The van der Waals surface area contributed by atoms with Gasteiger partial charge in [0, 0.05) is 6.54 Å². The van der Waals surface area contributed by atoms with E-state index < -0.39 is 0 Å². The first-order valence-electron chi connectivity index (χ1n) is 6.05. The fourth-order valence-electron chi connectivity index (χ4n) is 2.23. The van der Waals surface area contributed by atoms with Crippen LogP contribution in [0.3, 0.4) is 0 Å². The molecule has 1 unspecified atom stereocenters. The van der Waals surface area contributed by atoms with Gasteiger partial charge in [-0.15, -0.1) is 0 Å². The number of unbranched alkanes of at least 4 members (excludes halogenated alkanes) is 1. The fraction of sp³-hybridized carbons (Fsp3) is 1.00. The minimum atomic E-state index is 0.915. The largest absolute Gasteiger partial charge is 0.303 e. The van der Waals surface area contributed by atoms with Crippen LogP contribution in [0, 0.1) is 5.92 Å². The van der Waals surface area contributed by atoms with Crippen molar-refractivity contribution < 1.29 is 0 Å². The zero-order chi connectivity index (χ0) is 9.52. The van der Waals surface area contributed by atoms with Gasteiger partial charge in [0.2, 0.25) is 0 Å². The predicted octanol–water partition coefficient (Wildman–Crippen LogP) is 3.30. The smallest absolute Gasteiger partial charge is 0.000702 e. The molecule has 78 valence electrons. The monoisotopic (exact) mass is 183 g/mol. The molecule has 1 heteroatoms. The second kappa shape index (κ2) is 6.42. The summed E-state index contributed by atoms with van der Waals surface area (Å²) in [5, 5.41) is 0. The Morgan fingerprint density at radius 3 is 2.46 bits per heavy atom. The maximum atomic E-state index is 2.66. The van der Waals surface area contributed by atoms with Crippen molar-refractivity contribution in [1.82, 2.24) is 4.90 Å². The first-order chi connectivity index (χ1) is 6.33. The van der Waals surface area contributed by atoms with Gasteiger partial charge in [-0.25, -0.2) is 0 Å². The summed E-state index contributed by atoms with van der Waals surface area (Å²) in [5.41, 5.74) is 0. The summed E-state index contributed by atoms with van der Waals surface area (Å²) in [6.45, 7) is 8.75. The second-order valence-corrected chi connectivity index (χ2v) is 4.61. The lowest BCUT2D eigenvalue weighted by Gasteiger charge is -2.29. The van der Waals surface area contributed by atoms with Crippen molar-refractivity contribution in [2.45, 2.75) is 52.4 Å². The van der Waals surface area contributed by atoms with Crippen LogP contribution in [0.4, 0.5) is 0 Å². The van der Waals surface area contributed by atoms with E-state index in [9.17, 15) is 0 Å². The lowest BCUT2D eigenvalue weighted by atomic mass is 10.0. The number of nitrogens with zero attached hydrogens (tertiary/aromatic N) is 1. The standard InChI is InChI=1S/C12H25N/c1-3-4-8-12(2)11-13-9-6-5-7-10-13/h12H,3-11H2,1-2H3. The minimum absolute atomic E-state index is 0.915. The molecule has 1 rings (SSSR count). The summed E-state index contributed by atoms with van der Waals surface area (Å²) in [4.78, 5) is 2.66. The molecular weight excluding hydrogens is 158 g/mol. The van der Waals surface area contributed by atoms with Gasteiger partial charge in [0.05, 0.1) is 0 Å². The molecule has 1 aliphatic heterocycles. The SMILES string of the molecule is CCCCC(C)CN1CCCCC1. The molecule has 1 nitrogen and oxygen atoms in total. The Bertz CT molecular complexity index is 116. The Kier molecular flexibility index (Phi) is 5.45. The van der Waals surface area contributed by atoms with E-state index in [1.807, 2.05) is 0 Å². The van der Waals surface area contributed by atoms with Crippen molar-refractivity contribution in [3.05, 3.63) is 0 Å². The molecule has 0 N–H and O–H groups in total. The van der Waals surface area contributed by atoms with E-state index in [-0.39, 0.29) is 0 Å². The molecule has 1 heterocycles. The van der Waals surface area contributed by atoms with Crippen LogP contribution in [0.25, 0.3) is 0 Å². The molecule has 0 radical (unpaired) electrons. The molecule has 0 bridgehead atoms. The van der Waals surface area contributed by atoms with Crippen LogP contribution < -0.4 is 0 Å². The maximum absolute atomic E-state index is 2.66. The van der Waals surface area contributed by atoms with Gasteiger partial charge in [-0.1, -0.05) is 33.1 Å². The van der Waals surface area contributed by atoms with Crippen molar-refractivity contribution in [1.29, 1.82) is 0 Å². The van der Waals surface area contributed by atoms with Gasteiger partial charge in [-0.3, -0.25) is 0 Å². The Labute approximate surface area is 83.5 Å². The van der Waals surface area contributed by atoms with Crippen molar-refractivity contribution in [3.8, 4) is 0 Å². The quantitative estimate of drug-likeness (QED) is 0.632. The highest BCUT2D eigenvalue weighted by atomic mass is 15.1. The van der Waals surface area contributed by atoms with Crippen LogP contribution in [0.2, 0.25) is 0 Å². The van der Waals surface area contributed by atoms with Crippen molar-refractivity contribution in [2.75, 3.05) is 19.6 Å². The van der Waals surface area contributed by atoms with Gasteiger partial charge < -0.3 is 4.90 Å². The van der Waals surface area contributed by atoms with Crippen LogP contribution in [0.1, 0.15) is 52.4 Å². The van der Waals surface area contributed by atoms with E-state index in [1.165, 1.54) is 58.2 Å². The summed E-state index contributed by atoms with van der Waals surface area (Å²) in [5.74, 6) is 0.915. The molecule has 0 saturated carbocycles. The highest BCUT2D eigenvalue weighted by molar-refractivity contribution is 4.67. The van der Waals surface area contributed by atoms with Crippen LogP contribution in [-0.4, -0.2) is 24.5 Å². The molecule has 0 amide bonds. The average Bonchev–Trinajstić information content (AvgIpc) is 2.16. The Balaban J connectivity index is 2.07. The van der Waals surface area contributed by atoms with Crippen molar-refractivity contribution >= 4 is 0 Å². The molecule has 13 heavy (non-hydrogen) atoms.